The van der Waals surface area contributed by atoms with Crippen molar-refractivity contribution in [3.63, 3.8) is 0 Å². The largest absolute Gasteiger partial charge is 0.394 e. The fourth-order valence-corrected chi connectivity index (χ4v) is 4.36. The van der Waals surface area contributed by atoms with E-state index in [9.17, 15) is 15.0 Å². The molecule has 0 aliphatic heterocycles. The summed E-state index contributed by atoms with van der Waals surface area (Å²) >= 11 is 0. The van der Waals surface area contributed by atoms with E-state index in [4.69, 9.17) is 0 Å². The molecule has 0 fully saturated rings. The van der Waals surface area contributed by atoms with Gasteiger partial charge in [0.2, 0.25) is 5.91 Å². The number of hydrogen-bond acceptors (Lipinski definition) is 3. The van der Waals surface area contributed by atoms with Crippen LogP contribution in [0.1, 0.15) is 142 Å². The van der Waals surface area contributed by atoms with E-state index in [1.807, 2.05) is 6.08 Å². The predicted molar refractivity (Wildman–Crippen MR) is 156 cm³/mol. The van der Waals surface area contributed by atoms with Gasteiger partial charge in [-0.1, -0.05) is 133 Å². The third-order valence-corrected chi connectivity index (χ3v) is 6.64. The molecule has 0 aromatic heterocycles. The Morgan fingerprint density at radius 2 is 1.03 bits per heavy atom. The summed E-state index contributed by atoms with van der Waals surface area (Å²) in [6.45, 7) is 3.38. The van der Waals surface area contributed by atoms with Crippen molar-refractivity contribution in [3.05, 3.63) is 36.5 Å². The van der Waals surface area contributed by atoms with E-state index in [-0.39, 0.29) is 12.5 Å². The average molecular weight is 506 g/mol. The van der Waals surface area contributed by atoms with Crippen molar-refractivity contribution in [1.82, 2.24) is 5.32 Å². The Morgan fingerprint density at radius 3 is 1.44 bits per heavy atom. The Kier molecular flexibility index (Phi) is 27.1. The highest BCUT2D eigenvalue weighted by Gasteiger charge is 2.15. The van der Waals surface area contributed by atoms with Gasteiger partial charge in [0.1, 0.15) is 0 Å². The van der Waals surface area contributed by atoms with Crippen molar-refractivity contribution in [2.45, 2.75) is 154 Å². The monoisotopic (exact) mass is 505 g/mol. The SMILES string of the molecule is CCCCCCCCCCCCCCCCC/C=C/CC/C=C/CC/C=C/C(O)C(CO)NC(C)=O. The Bertz CT molecular complexity index is 556. The molecule has 0 heterocycles. The van der Waals surface area contributed by atoms with E-state index in [1.54, 1.807) is 6.08 Å². The van der Waals surface area contributed by atoms with E-state index in [1.165, 1.54) is 110 Å². The molecule has 4 nitrogen and oxygen atoms in total. The van der Waals surface area contributed by atoms with E-state index in [0.717, 1.165) is 25.7 Å². The van der Waals surface area contributed by atoms with Crippen LogP contribution in [0.2, 0.25) is 0 Å². The first-order valence-electron chi connectivity index (χ1n) is 15.1. The summed E-state index contributed by atoms with van der Waals surface area (Å²) in [6, 6.07) is -0.643. The average Bonchev–Trinajstić information content (AvgIpc) is 2.87. The van der Waals surface area contributed by atoms with E-state index >= 15 is 0 Å². The third-order valence-electron chi connectivity index (χ3n) is 6.64. The van der Waals surface area contributed by atoms with Gasteiger partial charge in [-0.15, -0.1) is 0 Å². The van der Waals surface area contributed by atoms with Gasteiger partial charge in [0.05, 0.1) is 18.8 Å². The number of allylic oxidation sites excluding steroid dienone is 5. The maximum absolute atomic E-state index is 11.0. The Hall–Kier alpha value is -1.39. The van der Waals surface area contributed by atoms with Gasteiger partial charge in [0.15, 0.2) is 0 Å². The number of carbonyl (C=O) groups excluding carboxylic acids is 1. The summed E-state index contributed by atoms with van der Waals surface area (Å²) in [7, 11) is 0. The first kappa shape index (κ1) is 34.6. The lowest BCUT2D eigenvalue weighted by Crippen LogP contribution is -2.44. The molecule has 0 saturated carbocycles. The highest BCUT2D eigenvalue weighted by Crippen LogP contribution is 2.14. The van der Waals surface area contributed by atoms with Crippen LogP contribution in [-0.2, 0) is 4.79 Å². The number of aliphatic hydroxyl groups excluding tert-OH is 2. The van der Waals surface area contributed by atoms with E-state index in [0.29, 0.717) is 0 Å². The molecule has 0 rings (SSSR count). The lowest BCUT2D eigenvalue weighted by atomic mass is 10.0. The molecule has 2 atom stereocenters. The molecule has 0 aromatic carbocycles. The molecule has 210 valence electrons. The Labute approximate surface area is 223 Å². The van der Waals surface area contributed by atoms with Gasteiger partial charge >= 0.3 is 0 Å². The predicted octanol–water partition coefficient (Wildman–Crippen LogP) is 8.33. The van der Waals surface area contributed by atoms with Crippen molar-refractivity contribution in [3.8, 4) is 0 Å². The second-order valence-electron chi connectivity index (χ2n) is 10.2. The Morgan fingerprint density at radius 1 is 0.639 bits per heavy atom. The van der Waals surface area contributed by atoms with Crippen molar-refractivity contribution in [1.29, 1.82) is 0 Å². The van der Waals surface area contributed by atoms with Gasteiger partial charge in [-0.3, -0.25) is 4.79 Å². The minimum Gasteiger partial charge on any atom is -0.394 e. The first-order valence-corrected chi connectivity index (χ1v) is 15.1. The first-order chi connectivity index (χ1) is 17.6. The van der Waals surface area contributed by atoms with E-state index < -0.39 is 12.1 Å². The second kappa shape index (κ2) is 28.2. The standard InChI is InChI=1S/C32H59NO3/c1-3-4-5-6-7-8-9-10-11-12-13-14-15-16-17-18-19-20-21-22-23-24-25-26-27-28-32(36)31(29-34)33-30(2)35/h19-20,23-24,27-28,31-32,34,36H,3-18,21-22,25-26,29H2,1-2H3,(H,33,35)/b20-19+,24-23+,28-27+. The van der Waals surface area contributed by atoms with Gasteiger partial charge in [-0.05, 0) is 38.5 Å². The third kappa shape index (κ3) is 25.7. The van der Waals surface area contributed by atoms with Crippen LogP contribution in [0.4, 0.5) is 0 Å². The molecule has 0 radical (unpaired) electrons. The van der Waals surface area contributed by atoms with Crippen molar-refractivity contribution >= 4 is 5.91 Å². The van der Waals surface area contributed by atoms with Crippen LogP contribution in [0.15, 0.2) is 36.5 Å². The minimum absolute atomic E-state index is 0.256. The number of aliphatic hydroxyl groups is 2. The molecule has 0 aliphatic carbocycles. The number of hydrogen-bond donors (Lipinski definition) is 3. The van der Waals surface area contributed by atoms with Crippen LogP contribution in [0.5, 0.6) is 0 Å². The molecule has 36 heavy (non-hydrogen) atoms. The second-order valence-corrected chi connectivity index (χ2v) is 10.2. The molecule has 4 heteroatoms. The van der Waals surface area contributed by atoms with Crippen LogP contribution in [0.3, 0.4) is 0 Å². The molecule has 0 aromatic rings. The number of nitrogens with one attached hydrogen (secondary N) is 1. The van der Waals surface area contributed by atoms with Gasteiger partial charge in [0.25, 0.3) is 0 Å². The fourth-order valence-electron chi connectivity index (χ4n) is 4.36. The zero-order valence-electron chi connectivity index (χ0n) is 23.8. The molecular weight excluding hydrogens is 446 g/mol. The molecule has 2 unspecified atom stereocenters. The summed E-state index contributed by atoms with van der Waals surface area (Å²) < 4.78 is 0. The zero-order valence-corrected chi connectivity index (χ0v) is 23.8. The van der Waals surface area contributed by atoms with Crippen LogP contribution in [0, 0.1) is 0 Å². The van der Waals surface area contributed by atoms with Crippen LogP contribution < -0.4 is 5.32 Å². The highest BCUT2D eigenvalue weighted by molar-refractivity contribution is 5.73. The molecule has 1 amide bonds. The number of rotatable bonds is 26. The molecule has 0 spiro atoms. The maximum atomic E-state index is 11.0. The van der Waals surface area contributed by atoms with Gasteiger partial charge in [-0.25, -0.2) is 0 Å². The van der Waals surface area contributed by atoms with E-state index in [2.05, 4.69) is 36.5 Å². The molecular formula is C32H59NO3. The fraction of sp³-hybridized carbons (Fsp3) is 0.781. The van der Waals surface area contributed by atoms with Crippen LogP contribution in [0.25, 0.3) is 0 Å². The summed E-state index contributed by atoms with van der Waals surface area (Å²) in [6.07, 6.45) is 38.1. The molecule has 3 N–H and O–H groups in total. The minimum atomic E-state index is -0.863. The van der Waals surface area contributed by atoms with Gasteiger partial charge in [-0.2, -0.15) is 0 Å². The summed E-state index contributed by atoms with van der Waals surface area (Å²) in [5.41, 5.74) is 0. The quantitative estimate of drug-likeness (QED) is 0.0817. The number of unbranched alkanes of at least 4 members (excludes halogenated alkanes) is 17. The van der Waals surface area contributed by atoms with Crippen LogP contribution >= 0.6 is 0 Å². The maximum Gasteiger partial charge on any atom is 0.217 e. The lowest BCUT2D eigenvalue weighted by Gasteiger charge is -2.18. The Balaban J connectivity index is 3.40. The normalized spacial score (nSPS) is 13.8. The van der Waals surface area contributed by atoms with Crippen LogP contribution in [-0.4, -0.2) is 34.9 Å². The van der Waals surface area contributed by atoms with Crippen molar-refractivity contribution < 1.29 is 15.0 Å². The molecule has 0 saturated heterocycles. The topological polar surface area (TPSA) is 69.6 Å². The molecule has 0 aliphatic rings. The zero-order chi connectivity index (χ0) is 26.5. The molecule has 0 bridgehead atoms. The number of amides is 1. The smallest absolute Gasteiger partial charge is 0.217 e. The summed E-state index contributed by atoms with van der Waals surface area (Å²) in [5, 5.41) is 21.7. The van der Waals surface area contributed by atoms with Gasteiger partial charge < -0.3 is 15.5 Å². The van der Waals surface area contributed by atoms with Gasteiger partial charge in [0, 0.05) is 6.92 Å². The summed E-state index contributed by atoms with van der Waals surface area (Å²) in [4.78, 5) is 11.0. The highest BCUT2D eigenvalue weighted by atomic mass is 16.3. The van der Waals surface area contributed by atoms with Crippen molar-refractivity contribution in [2.75, 3.05) is 6.61 Å². The summed E-state index contributed by atoms with van der Waals surface area (Å²) in [5.74, 6) is -0.256. The number of carbonyl (C=O) groups is 1. The lowest BCUT2D eigenvalue weighted by molar-refractivity contribution is -0.120. The van der Waals surface area contributed by atoms with Crippen molar-refractivity contribution in [2.24, 2.45) is 0 Å².